The van der Waals surface area contributed by atoms with Gasteiger partial charge in [0.05, 0.1) is 6.21 Å². The number of hydrazone groups is 1. The first-order valence-electron chi connectivity index (χ1n) is 9.01. The van der Waals surface area contributed by atoms with Crippen LogP contribution in [0.15, 0.2) is 84.0 Å². The average molecular weight is 402 g/mol. The molecule has 0 unspecified atom stereocenters. The van der Waals surface area contributed by atoms with Gasteiger partial charge in [0.2, 0.25) is 0 Å². The summed E-state index contributed by atoms with van der Waals surface area (Å²) in [5.74, 6) is -1.05. The number of ether oxygens (including phenoxy) is 2. The second kappa shape index (κ2) is 9.79. The zero-order valence-corrected chi connectivity index (χ0v) is 16.1. The number of nitrogens with zero attached hydrogens (tertiary/aromatic N) is 1. The number of esters is 2. The molecule has 3 rings (SSSR count). The number of hydrogen-bond acceptors (Lipinski definition) is 6. The van der Waals surface area contributed by atoms with E-state index in [0.29, 0.717) is 16.9 Å². The van der Waals surface area contributed by atoms with E-state index in [-0.39, 0.29) is 17.2 Å². The van der Waals surface area contributed by atoms with Crippen molar-refractivity contribution in [2.75, 3.05) is 0 Å². The molecule has 0 atom stereocenters. The van der Waals surface area contributed by atoms with Gasteiger partial charge in [0.15, 0.2) is 0 Å². The summed E-state index contributed by atoms with van der Waals surface area (Å²) in [7, 11) is 0. The highest BCUT2D eigenvalue weighted by Gasteiger charge is 2.15. The lowest BCUT2D eigenvalue weighted by Crippen LogP contribution is -2.17. The molecule has 0 heterocycles. The highest BCUT2D eigenvalue weighted by Crippen LogP contribution is 2.21. The summed E-state index contributed by atoms with van der Waals surface area (Å²) in [6.45, 7) is 1.25. The third-order valence-electron chi connectivity index (χ3n) is 3.87. The Balaban J connectivity index is 1.60. The van der Waals surface area contributed by atoms with E-state index >= 15 is 0 Å². The van der Waals surface area contributed by atoms with E-state index < -0.39 is 11.9 Å². The molecule has 0 fully saturated rings. The van der Waals surface area contributed by atoms with E-state index in [4.69, 9.17) is 9.47 Å². The number of para-hydroxylation sites is 1. The monoisotopic (exact) mass is 402 g/mol. The van der Waals surface area contributed by atoms with Crippen molar-refractivity contribution >= 4 is 24.1 Å². The number of rotatable bonds is 6. The molecule has 1 N–H and O–H groups in total. The lowest BCUT2D eigenvalue weighted by atomic mass is 10.2. The SMILES string of the molecule is CC(=O)Oc1ccccc1C(=O)Oc1ccc(C=NNC(=O)c2ccccc2)cc1. The van der Waals surface area contributed by atoms with Crippen LogP contribution in [0, 0.1) is 0 Å². The first kappa shape index (κ1) is 20.5. The molecule has 0 radical (unpaired) electrons. The molecular weight excluding hydrogens is 384 g/mol. The summed E-state index contributed by atoms with van der Waals surface area (Å²) < 4.78 is 10.4. The van der Waals surface area contributed by atoms with Gasteiger partial charge in [-0.25, -0.2) is 10.2 Å². The van der Waals surface area contributed by atoms with E-state index in [1.165, 1.54) is 25.3 Å². The molecule has 3 aromatic rings. The molecule has 7 heteroatoms. The first-order valence-corrected chi connectivity index (χ1v) is 9.01. The van der Waals surface area contributed by atoms with Gasteiger partial charge in [-0.2, -0.15) is 5.10 Å². The number of carbonyl (C=O) groups excluding carboxylic acids is 3. The van der Waals surface area contributed by atoms with Gasteiger partial charge in [-0.05, 0) is 54.1 Å². The highest BCUT2D eigenvalue weighted by molar-refractivity contribution is 5.95. The fourth-order valence-corrected chi connectivity index (χ4v) is 2.48. The lowest BCUT2D eigenvalue weighted by molar-refractivity contribution is -0.131. The second-order valence-electron chi connectivity index (χ2n) is 6.11. The quantitative estimate of drug-likeness (QED) is 0.294. The van der Waals surface area contributed by atoms with E-state index in [9.17, 15) is 14.4 Å². The predicted octanol–water partition coefficient (Wildman–Crippen LogP) is 3.60. The molecule has 30 heavy (non-hydrogen) atoms. The highest BCUT2D eigenvalue weighted by atomic mass is 16.5. The van der Waals surface area contributed by atoms with Crippen LogP contribution >= 0.6 is 0 Å². The van der Waals surface area contributed by atoms with E-state index in [1.807, 2.05) is 6.07 Å². The van der Waals surface area contributed by atoms with Crippen molar-refractivity contribution in [3.05, 3.63) is 95.6 Å². The van der Waals surface area contributed by atoms with Gasteiger partial charge in [-0.15, -0.1) is 0 Å². The van der Waals surface area contributed by atoms with Crippen LogP contribution < -0.4 is 14.9 Å². The molecule has 0 aliphatic heterocycles. The van der Waals surface area contributed by atoms with Gasteiger partial charge in [0.25, 0.3) is 5.91 Å². The maximum absolute atomic E-state index is 12.4. The maximum atomic E-state index is 12.4. The van der Waals surface area contributed by atoms with Crippen LogP contribution in [0.4, 0.5) is 0 Å². The minimum atomic E-state index is -0.650. The van der Waals surface area contributed by atoms with Gasteiger partial charge in [-0.1, -0.05) is 30.3 Å². The van der Waals surface area contributed by atoms with E-state index in [1.54, 1.807) is 60.7 Å². The number of nitrogens with one attached hydrogen (secondary N) is 1. The summed E-state index contributed by atoms with van der Waals surface area (Å²) in [5, 5.41) is 3.91. The summed E-state index contributed by atoms with van der Waals surface area (Å²) in [5.41, 5.74) is 3.79. The first-order chi connectivity index (χ1) is 14.5. The van der Waals surface area contributed by atoms with Crippen LogP contribution in [0.3, 0.4) is 0 Å². The van der Waals surface area contributed by atoms with Crippen LogP contribution in [0.5, 0.6) is 11.5 Å². The van der Waals surface area contributed by atoms with Crippen LogP contribution in [0.2, 0.25) is 0 Å². The Kier molecular flexibility index (Phi) is 6.68. The largest absolute Gasteiger partial charge is 0.426 e. The second-order valence-corrected chi connectivity index (χ2v) is 6.11. The normalized spacial score (nSPS) is 10.4. The number of amides is 1. The predicted molar refractivity (Wildman–Crippen MR) is 111 cm³/mol. The molecule has 7 nitrogen and oxygen atoms in total. The Morgan fingerprint density at radius 3 is 2.20 bits per heavy atom. The zero-order chi connectivity index (χ0) is 21.3. The maximum Gasteiger partial charge on any atom is 0.347 e. The molecule has 0 aromatic heterocycles. The Bertz CT molecular complexity index is 1080. The summed E-state index contributed by atoms with van der Waals surface area (Å²) in [4.78, 5) is 35.5. The fourth-order valence-electron chi connectivity index (χ4n) is 2.48. The van der Waals surface area contributed by atoms with Crippen molar-refractivity contribution in [2.45, 2.75) is 6.92 Å². The van der Waals surface area contributed by atoms with Crippen LogP contribution in [-0.4, -0.2) is 24.1 Å². The molecule has 0 bridgehead atoms. The third kappa shape index (κ3) is 5.62. The van der Waals surface area contributed by atoms with Crippen molar-refractivity contribution in [1.29, 1.82) is 0 Å². The van der Waals surface area contributed by atoms with Crippen LogP contribution in [0.1, 0.15) is 33.2 Å². The third-order valence-corrected chi connectivity index (χ3v) is 3.87. The summed E-state index contributed by atoms with van der Waals surface area (Å²) in [6.07, 6.45) is 1.47. The van der Waals surface area contributed by atoms with Crippen molar-refractivity contribution < 1.29 is 23.9 Å². The number of hydrogen-bond donors (Lipinski definition) is 1. The van der Waals surface area contributed by atoms with Gasteiger partial charge < -0.3 is 9.47 Å². The Labute approximate surface area is 172 Å². The summed E-state index contributed by atoms with van der Waals surface area (Å²) in [6, 6.07) is 21.6. The number of benzene rings is 3. The minimum absolute atomic E-state index is 0.132. The van der Waals surface area contributed by atoms with E-state index in [0.717, 1.165) is 0 Å². The molecule has 0 saturated heterocycles. The van der Waals surface area contributed by atoms with Crippen LogP contribution in [0.25, 0.3) is 0 Å². The van der Waals surface area contributed by atoms with Gasteiger partial charge in [0, 0.05) is 12.5 Å². The van der Waals surface area contributed by atoms with Crippen LogP contribution in [-0.2, 0) is 4.79 Å². The van der Waals surface area contributed by atoms with Crippen molar-refractivity contribution in [3.8, 4) is 11.5 Å². The van der Waals surface area contributed by atoms with Gasteiger partial charge >= 0.3 is 11.9 Å². The molecule has 3 aromatic carbocycles. The standard InChI is InChI=1S/C23H18N2O5/c1-16(26)29-21-10-6-5-9-20(21)23(28)30-19-13-11-17(12-14-19)15-24-25-22(27)18-7-3-2-4-8-18/h2-15H,1H3,(H,25,27). The molecule has 0 saturated carbocycles. The number of carbonyl (C=O) groups is 3. The van der Waals surface area contributed by atoms with E-state index in [2.05, 4.69) is 10.5 Å². The molecule has 0 aliphatic carbocycles. The Hall–Kier alpha value is -4.26. The molecular formula is C23H18N2O5. The lowest BCUT2D eigenvalue weighted by Gasteiger charge is -2.08. The molecule has 0 aliphatic rings. The minimum Gasteiger partial charge on any atom is -0.426 e. The Morgan fingerprint density at radius 1 is 0.833 bits per heavy atom. The van der Waals surface area contributed by atoms with Crippen molar-refractivity contribution in [1.82, 2.24) is 5.43 Å². The molecule has 0 spiro atoms. The van der Waals surface area contributed by atoms with Gasteiger partial charge in [0.1, 0.15) is 17.1 Å². The fraction of sp³-hybridized carbons (Fsp3) is 0.0435. The zero-order valence-electron chi connectivity index (χ0n) is 16.1. The average Bonchev–Trinajstić information content (AvgIpc) is 2.75. The van der Waals surface area contributed by atoms with Gasteiger partial charge in [-0.3, -0.25) is 9.59 Å². The Morgan fingerprint density at radius 2 is 1.50 bits per heavy atom. The molecule has 1 amide bonds. The summed E-state index contributed by atoms with van der Waals surface area (Å²) >= 11 is 0. The van der Waals surface area contributed by atoms with Crippen molar-refractivity contribution in [2.24, 2.45) is 5.10 Å². The molecule has 150 valence electrons. The topological polar surface area (TPSA) is 94.1 Å². The smallest absolute Gasteiger partial charge is 0.347 e. The van der Waals surface area contributed by atoms with Crippen molar-refractivity contribution in [3.63, 3.8) is 0 Å².